The van der Waals surface area contributed by atoms with E-state index < -0.39 is 5.54 Å². The Bertz CT molecular complexity index is 746. The van der Waals surface area contributed by atoms with Crippen molar-refractivity contribution in [3.05, 3.63) is 24.3 Å². The van der Waals surface area contributed by atoms with Crippen LogP contribution in [0, 0.1) is 5.92 Å². The first-order valence-corrected chi connectivity index (χ1v) is 9.47. The number of nitrogens with zero attached hydrogens (tertiary/aromatic N) is 2. The largest absolute Gasteiger partial charge is 0.466 e. The summed E-state index contributed by atoms with van der Waals surface area (Å²) >= 11 is 0. The van der Waals surface area contributed by atoms with Gasteiger partial charge in [-0.1, -0.05) is 12.1 Å². The highest BCUT2D eigenvalue weighted by Crippen LogP contribution is 2.36. The van der Waals surface area contributed by atoms with Gasteiger partial charge in [0.2, 0.25) is 11.8 Å². The number of fused-ring (bicyclic) bond motifs is 1. The molecule has 7 heteroatoms. The lowest BCUT2D eigenvalue weighted by molar-refractivity contribution is -0.150. The van der Waals surface area contributed by atoms with Crippen molar-refractivity contribution in [3.63, 3.8) is 0 Å². The molecule has 0 aliphatic carbocycles. The Balaban J connectivity index is 1.77. The molecular formula is C20H27N3O4. The van der Waals surface area contributed by atoms with Crippen molar-refractivity contribution in [1.82, 2.24) is 4.90 Å². The zero-order valence-corrected chi connectivity index (χ0v) is 16.2. The predicted molar refractivity (Wildman–Crippen MR) is 102 cm³/mol. The van der Waals surface area contributed by atoms with Gasteiger partial charge in [0, 0.05) is 6.54 Å². The van der Waals surface area contributed by atoms with Crippen LogP contribution in [-0.4, -0.2) is 54.5 Å². The van der Waals surface area contributed by atoms with E-state index in [9.17, 15) is 14.4 Å². The van der Waals surface area contributed by atoms with E-state index in [0.717, 1.165) is 19.4 Å². The van der Waals surface area contributed by atoms with Crippen molar-refractivity contribution in [2.45, 2.75) is 39.2 Å². The van der Waals surface area contributed by atoms with Crippen LogP contribution in [0.3, 0.4) is 0 Å². The van der Waals surface area contributed by atoms with E-state index in [1.807, 2.05) is 23.1 Å². The first-order valence-electron chi connectivity index (χ1n) is 9.47. The maximum atomic E-state index is 13.2. The smallest absolute Gasteiger partial charge is 0.310 e. The van der Waals surface area contributed by atoms with Gasteiger partial charge in [0.25, 0.3) is 0 Å². The average Bonchev–Trinajstić information content (AvgIpc) is 2.63. The van der Waals surface area contributed by atoms with Crippen molar-refractivity contribution in [2.24, 2.45) is 5.92 Å². The molecule has 1 fully saturated rings. The fourth-order valence-corrected chi connectivity index (χ4v) is 3.81. The van der Waals surface area contributed by atoms with E-state index >= 15 is 0 Å². The summed E-state index contributed by atoms with van der Waals surface area (Å²) in [5.74, 6) is -0.751. The highest BCUT2D eigenvalue weighted by Gasteiger charge is 2.44. The van der Waals surface area contributed by atoms with Crippen LogP contribution >= 0.6 is 0 Å². The van der Waals surface area contributed by atoms with Crippen LogP contribution in [0.4, 0.5) is 11.4 Å². The number of hydrogen-bond acceptors (Lipinski definition) is 5. The molecule has 1 aromatic carbocycles. The quantitative estimate of drug-likeness (QED) is 0.817. The number of para-hydroxylation sites is 2. The molecule has 0 spiro atoms. The van der Waals surface area contributed by atoms with Crippen LogP contribution in [0.1, 0.15) is 33.6 Å². The molecule has 2 aliphatic heterocycles. The molecule has 1 aromatic rings. The summed E-state index contributed by atoms with van der Waals surface area (Å²) in [6.07, 6.45) is 1.63. The van der Waals surface area contributed by atoms with Crippen LogP contribution in [-0.2, 0) is 19.1 Å². The minimum absolute atomic E-state index is 0.146. The molecule has 2 heterocycles. The third-order valence-corrected chi connectivity index (χ3v) is 5.24. The Morgan fingerprint density at radius 1 is 1.30 bits per heavy atom. The van der Waals surface area contributed by atoms with Gasteiger partial charge in [0.15, 0.2) is 0 Å². The van der Waals surface area contributed by atoms with E-state index in [1.54, 1.807) is 31.7 Å². The van der Waals surface area contributed by atoms with Crippen LogP contribution in [0.15, 0.2) is 24.3 Å². The summed E-state index contributed by atoms with van der Waals surface area (Å²) in [6.45, 7) is 7.07. The highest BCUT2D eigenvalue weighted by molar-refractivity contribution is 6.14. The third-order valence-electron chi connectivity index (χ3n) is 5.24. The zero-order valence-electron chi connectivity index (χ0n) is 16.2. The lowest BCUT2D eigenvalue weighted by Crippen LogP contribution is -2.60. The lowest BCUT2D eigenvalue weighted by Gasteiger charge is -2.43. The molecule has 27 heavy (non-hydrogen) atoms. The molecule has 1 atom stereocenters. The SMILES string of the molecule is CCOC(=O)[C@H]1CCCN(CC(=O)N2c3ccccc3NC(=O)C2(C)C)C1. The summed E-state index contributed by atoms with van der Waals surface area (Å²) in [7, 11) is 0. The molecular weight excluding hydrogens is 346 g/mol. The van der Waals surface area contributed by atoms with Crippen molar-refractivity contribution in [1.29, 1.82) is 0 Å². The summed E-state index contributed by atoms with van der Waals surface area (Å²) in [6, 6.07) is 7.31. The van der Waals surface area contributed by atoms with Gasteiger partial charge in [-0.25, -0.2) is 0 Å². The van der Waals surface area contributed by atoms with E-state index in [2.05, 4.69) is 5.32 Å². The predicted octanol–water partition coefficient (Wildman–Crippen LogP) is 2.03. The summed E-state index contributed by atoms with van der Waals surface area (Å²) in [5.41, 5.74) is 0.353. The Kier molecular flexibility index (Phi) is 5.51. The number of ether oxygens (including phenoxy) is 1. The summed E-state index contributed by atoms with van der Waals surface area (Å²) in [4.78, 5) is 41.3. The third kappa shape index (κ3) is 3.83. The van der Waals surface area contributed by atoms with Crippen molar-refractivity contribution < 1.29 is 19.1 Å². The molecule has 0 unspecified atom stereocenters. The molecule has 0 bridgehead atoms. The minimum atomic E-state index is -0.984. The number of amides is 2. The maximum absolute atomic E-state index is 13.2. The molecule has 7 nitrogen and oxygen atoms in total. The fraction of sp³-hybridized carbons (Fsp3) is 0.550. The van der Waals surface area contributed by atoms with Gasteiger partial charge in [0.1, 0.15) is 5.54 Å². The fourth-order valence-electron chi connectivity index (χ4n) is 3.81. The number of carbonyl (C=O) groups excluding carboxylic acids is 3. The first-order chi connectivity index (χ1) is 12.8. The second kappa shape index (κ2) is 7.68. The molecule has 0 aromatic heterocycles. The number of likely N-dealkylation sites (tertiary alicyclic amines) is 1. The second-order valence-electron chi connectivity index (χ2n) is 7.59. The first kappa shape index (κ1) is 19.4. The van der Waals surface area contributed by atoms with Crippen molar-refractivity contribution in [3.8, 4) is 0 Å². The summed E-state index contributed by atoms with van der Waals surface area (Å²) in [5, 5.41) is 2.87. The number of piperidine rings is 1. The monoisotopic (exact) mass is 373 g/mol. The van der Waals surface area contributed by atoms with E-state index in [0.29, 0.717) is 24.5 Å². The Hall–Kier alpha value is -2.41. The van der Waals surface area contributed by atoms with Crippen molar-refractivity contribution >= 4 is 29.2 Å². The number of nitrogens with one attached hydrogen (secondary N) is 1. The molecule has 146 valence electrons. The van der Waals surface area contributed by atoms with Gasteiger partial charge in [-0.2, -0.15) is 0 Å². The molecule has 3 rings (SSSR count). The molecule has 2 aliphatic rings. The summed E-state index contributed by atoms with van der Waals surface area (Å²) < 4.78 is 5.13. The molecule has 0 saturated carbocycles. The van der Waals surface area contributed by atoms with Gasteiger partial charge >= 0.3 is 5.97 Å². The van der Waals surface area contributed by atoms with Gasteiger partial charge < -0.3 is 10.1 Å². The van der Waals surface area contributed by atoms with Crippen LogP contribution < -0.4 is 10.2 Å². The zero-order chi connectivity index (χ0) is 19.6. The molecule has 1 saturated heterocycles. The van der Waals surface area contributed by atoms with Gasteiger partial charge in [-0.3, -0.25) is 24.2 Å². The Labute approximate surface area is 159 Å². The highest BCUT2D eigenvalue weighted by atomic mass is 16.5. The normalized spacial score (nSPS) is 22.0. The van der Waals surface area contributed by atoms with Crippen LogP contribution in [0.2, 0.25) is 0 Å². The lowest BCUT2D eigenvalue weighted by atomic mass is 9.95. The minimum Gasteiger partial charge on any atom is -0.466 e. The van der Waals surface area contributed by atoms with E-state index in [-0.39, 0.29) is 30.2 Å². The molecule has 2 amide bonds. The standard InChI is InChI=1S/C20H27N3O4/c1-4-27-18(25)14-8-7-11-22(12-14)13-17(24)23-16-10-6-5-9-15(16)21-19(26)20(23,2)3/h5-6,9-10,14H,4,7-8,11-13H2,1-3H3,(H,21,26)/t14-/m0/s1. The van der Waals surface area contributed by atoms with Crippen LogP contribution in [0.25, 0.3) is 0 Å². The van der Waals surface area contributed by atoms with E-state index in [1.165, 1.54) is 0 Å². The Morgan fingerprint density at radius 2 is 2.04 bits per heavy atom. The topological polar surface area (TPSA) is 79.0 Å². The number of anilines is 2. The van der Waals surface area contributed by atoms with Crippen molar-refractivity contribution in [2.75, 3.05) is 36.5 Å². The number of hydrogen-bond donors (Lipinski definition) is 1. The second-order valence-corrected chi connectivity index (χ2v) is 7.59. The maximum Gasteiger partial charge on any atom is 0.310 e. The van der Waals surface area contributed by atoms with Gasteiger partial charge in [-0.05, 0) is 52.3 Å². The average molecular weight is 373 g/mol. The Morgan fingerprint density at radius 3 is 2.78 bits per heavy atom. The number of carbonyl (C=O) groups is 3. The van der Waals surface area contributed by atoms with E-state index in [4.69, 9.17) is 4.74 Å². The number of rotatable bonds is 4. The van der Waals surface area contributed by atoms with Crippen LogP contribution in [0.5, 0.6) is 0 Å². The van der Waals surface area contributed by atoms with Gasteiger partial charge in [0.05, 0.1) is 30.4 Å². The molecule has 0 radical (unpaired) electrons. The van der Waals surface area contributed by atoms with Gasteiger partial charge in [-0.15, -0.1) is 0 Å². The molecule has 1 N–H and O–H groups in total. The number of benzene rings is 1. The number of esters is 1.